The van der Waals surface area contributed by atoms with Crippen LogP contribution >= 0.6 is 24.8 Å². The highest BCUT2D eigenvalue weighted by Crippen LogP contribution is 2.19. The maximum atomic E-state index is 12.2. The quantitative estimate of drug-likeness (QED) is 0.906. The van der Waals surface area contributed by atoms with Crippen LogP contribution in [-0.2, 0) is 0 Å². The summed E-state index contributed by atoms with van der Waals surface area (Å²) < 4.78 is 0. The van der Waals surface area contributed by atoms with Crippen LogP contribution in [0.4, 0.5) is 0 Å². The molecule has 0 saturated heterocycles. The number of halogens is 2. The van der Waals surface area contributed by atoms with Gasteiger partial charge in [0.1, 0.15) is 0 Å². The monoisotopic (exact) mass is 329 g/mol. The van der Waals surface area contributed by atoms with Gasteiger partial charge in [-0.1, -0.05) is 18.2 Å². The maximum absolute atomic E-state index is 12.2. The number of carbonyl (C=O) groups is 1. The molecule has 21 heavy (non-hydrogen) atoms. The summed E-state index contributed by atoms with van der Waals surface area (Å²) in [4.78, 5) is 16.5. The third kappa shape index (κ3) is 4.56. The summed E-state index contributed by atoms with van der Waals surface area (Å²) in [6.07, 6.45) is 1.65. The molecule has 2 aromatic rings. The zero-order valence-electron chi connectivity index (χ0n) is 12.3. The lowest BCUT2D eigenvalue weighted by Gasteiger charge is -2.13. The van der Waals surface area contributed by atoms with E-state index in [-0.39, 0.29) is 36.8 Å². The highest BCUT2D eigenvalue weighted by molar-refractivity contribution is 5.99. The van der Waals surface area contributed by atoms with Gasteiger partial charge in [0.15, 0.2) is 0 Å². The van der Waals surface area contributed by atoms with Crippen LogP contribution in [0.25, 0.3) is 10.9 Å². The molecular weight excluding hydrogens is 309 g/mol. The molecule has 0 bridgehead atoms. The van der Waals surface area contributed by atoms with E-state index < -0.39 is 0 Å². The van der Waals surface area contributed by atoms with Crippen molar-refractivity contribution in [2.24, 2.45) is 0 Å². The predicted octanol–water partition coefficient (Wildman–Crippen LogP) is 2.72. The van der Waals surface area contributed by atoms with Gasteiger partial charge in [0.25, 0.3) is 5.91 Å². The lowest BCUT2D eigenvalue weighted by Crippen LogP contribution is -2.37. The number of pyridine rings is 1. The van der Waals surface area contributed by atoms with Crippen LogP contribution in [0, 0.1) is 6.92 Å². The minimum Gasteiger partial charge on any atom is -0.350 e. The Bertz CT molecular complexity index is 604. The zero-order valence-corrected chi connectivity index (χ0v) is 14.0. The van der Waals surface area contributed by atoms with Crippen molar-refractivity contribution in [3.8, 4) is 0 Å². The Hall–Kier alpha value is -1.36. The van der Waals surface area contributed by atoms with Crippen LogP contribution in [0.1, 0.15) is 22.8 Å². The molecule has 4 nitrogen and oxygen atoms in total. The number of para-hydroxylation sites is 1. The van der Waals surface area contributed by atoms with Crippen LogP contribution in [0.15, 0.2) is 30.5 Å². The second-order valence-corrected chi connectivity index (χ2v) is 4.71. The third-order valence-electron chi connectivity index (χ3n) is 3.35. The van der Waals surface area contributed by atoms with Gasteiger partial charge in [-0.15, -0.1) is 24.8 Å². The van der Waals surface area contributed by atoms with E-state index in [0.29, 0.717) is 12.1 Å². The smallest absolute Gasteiger partial charge is 0.253 e. The van der Waals surface area contributed by atoms with Gasteiger partial charge in [0.05, 0.1) is 11.1 Å². The fourth-order valence-electron chi connectivity index (χ4n) is 1.95. The fraction of sp³-hybridized carbons (Fsp3) is 0.333. The van der Waals surface area contributed by atoms with Gasteiger partial charge in [-0.05, 0) is 32.5 Å². The van der Waals surface area contributed by atoms with Gasteiger partial charge in [-0.2, -0.15) is 0 Å². The summed E-state index contributed by atoms with van der Waals surface area (Å²) >= 11 is 0. The molecule has 0 aliphatic heterocycles. The minimum absolute atomic E-state index is 0. The number of nitrogens with one attached hydrogen (secondary N) is 2. The first kappa shape index (κ1) is 19.6. The van der Waals surface area contributed by atoms with E-state index in [4.69, 9.17) is 0 Å². The molecule has 1 heterocycles. The van der Waals surface area contributed by atoms with E-state index in [1.165, 1.54) is 0 Å². The first-order chi connectivity index (χ1) is 9.13. The normalized spacial score (nSPS) is 11.2. The number of aromatic nitrogens is 1. The Morgan fingerprint density at radius 3 is 2.62 bits per heavy atom. The average molecular weight is 330 g/mol. The number of hydrogen-bond donors (Lipinski definition) is 2. The minimum atomic E-state index is -0.0714. The molecule has 0 spiro atoms. The zero-order chi connectivity index (χ0) is 13.8. The van der Waals surface area contributed by atoms with E-state index >= 15 is 0 Å². The summed E-state index contributed by atoms with van der Waals surface area (Å²) in [5.41, 5.74) is 2.53. The van der Waals surface area contributed by atoms with Gasteiger partial charge in [-0.25, -0.2) is 0 Å². The Morgan fingerprint density at radius 1 is 1.29 bits per heavy atom. The molecule has 1 aromatic carbocycles. The predicted molar refractivity (Wildman–Crippen MR) is 91.8 cm³/mol. The van der Waals surface area contributed by atoms with Crippen molar-refractivity contribution in [1.29, 1.82) is 0 Å². The fourth-order valence-corrected chi connectivity index (χ4v) is 1.95. The number of hydrogen-bond acceptors (Lipinski definition) is 3. The van der Waals surface area contributed by atoms with Crippen molar-refractivity contribution in [3.05, 3.63) is 41.6 Å². The lowest BCUT2D eigenvalue weighted by atomic mass is 10.0. The number of carbonyl (C=O) groups excluding carboxylic acids is 1. The summed E-state index contributed by atoms with van der Waals surface area (Å²) in [7, 11) is 1.87. The molecule has 1 aromatic heterocycles. The van der Waals surface area contributed by atoms with Crippen molar-refractivity contribution in [3.63, 3.8) is 0 Å². The van der Waals surface area contributed by atoms with E-state index in [1.807, 2.05) is 45.2 Å². The molecule has 1 atom stereocenters. The molecule has 2 N–H and O–H groups in total. The summed E-state index contributed by atoms with van der Waals surface area (Å²) in [5, 5.41) is 7.02. The second-order valence-electron chi connectivity index (χ2n) is 4.71. The van der Waals surface area contributed by atoms with Crippen molar-refractivity contribution < 1.29 is 4.79 Å². The van der Waals surface area contributed by atoms with Crippen LogP contribution in [0.5, 0.6) is 0 Å². The molecule has 0 aliphatic carbocycles. The Morgan fingerprint density at radius 2 is 1.95 bits per heavy atom. The highest BCUT2D eigenvalue weighted by Gasteiger charge is 2.12. The molecule has 2 rings (SSSR count). The molecule has 0 aliphatic rings. The van der Waals surface area contributed by atoms with Crippen molar-refractivity contribution in [2.45, 2.75) is 19.9 Å². The van der Waals surface area contributed by atoms with Gasteiger partial charge >= 0.3 is 0 Å². The van der Waals surface area contributed by atoms with Crippen molar-refractivity contribution in [1.82, 2.24) is 15.6 Å². The van der Waals surface area contributed by atoms with E-state index in [0.717, 1.165) is 16.5 Å². The summed E-state index contributed by atoms with van der Waals surface area (Å²) in [5.74, 6) is -0.0714. The topological polar surface area (TPSA) is 54.0 Å². The molecule has 0 fully saturated rings. The number of amides is 1. The lowest BCUT2D eigenvalue weighted by molar-refractivity contribution is 0.0950. The number of fused-ring (bicyclic) bond motifs is 1. The number of aryl methyl sites for hydroxylation is 1. The molecule has 116 valence electrons. The first-order valence-corrected chi connectivity index (χ1v) is 6.43. The Balaban J connectivity index is 0.00000200. The van der Waals surface area contributed by atoms with Crippen LogP contribution in [0.2, 0.25) is 0 Å². The SMILES string of the molecule is CNC(C)CNC(=O)c1cnc2ccccc2c1C.Cl.Cl. The standard InChI is InChI=1S/C15H19N3O.2ClH/c1-10(16-3)8-18-15(19)13-9-17-14-7-5-4-6-12(14)11(13)2;;/h4-7,9-10,16H,8H2,1-3H3,(H,18,19);2*1H. The molecule has 1 unspecified atom stereocenters. The van der Waals surface area contributed by atoms with Gasteiger partial charge in [0, 0.05) is 24.2 Å². The number of nitrogens with zero attached hydrogens (tertiary/aromatic N) is 1. The molecular formula is C15H21Cl2N3O. The first-order valence-electron chi connectivity index (χ1n) is 6.43. The van der Waals surface area contributed by atoms with Crippen LogP contribution in [-0.4, -0.2) is 30.5 Å². The number of likely N-dealkylation sites (N-methyl/N-ethyl adjacent to an activating group) is 1. The van der Waals surface area contributed by atoms with Gasteiger partial charge in [-0.3, -0.25) is 9.78 Å². The summed E-state index contributed by atoms with van der Waals surface area (Å²) in [6, 6.07) is 8.10. The van der Waals surface area contributed by atoms with Crippen LogP contribution in [0.3, 0.4) is 0 Å². The molecule has 1 amide bonds. The largest absolute Gasteiger partial charge is 0.350 e. The Labute approximate surface area is 137 Å². The highest BCUT2D eigenvalue weighted by atomic mass is 35.5. The second kappa shape index (κ2) is 8.82. The average Bonchev–Trinajstić information content (AvgIpc) is 2.45. The van der Waals surface area contributed by atoms with Gasteiger partial charge < -0.3 is 10.6 Å². The number of rotatable bonds is 4. The summed E-state index contributed by atoms with van der Waals surface area (Å²) in [6.45, 7) is 4.58. The molecule has 6 heteroatoms. The van der Waals surface area contributed by atoms with Gasteiger partial charge in [0.2, 0.25) is 0 Å². The van der Waals surface area contributed by atoms with Crippen molar-refractivity contribution in [2.75, 3.05) is 13.6 Å². The molecule has 0 radical (unpaired) electrons. The van der Waals surface area contributed by atoms with Crippen molar-refractivity contribution >= 4 is 41.6 Å². The van der Waals surface area contributed by atoms with Crippen LogP contribution < -0.4 is 10.6 Å². The number of benzene rings is 1. The molecule has 0 saturated carbocycles. The van der Waals surface area contributed by atoms with E-state index in [2.05, 4.69) is 15.6 Å². The Kier molecular flexibility index (Phi) is 8.25. The maximum Gasteiger partial charge on any atom is 0.253 e. The van der Waals surface area contributed by atoms with E-state index in [1.54, 1.807) is 6.20 Å². The van der Waals surface area contributed by atoms with E-state index in [9.17, 15) is 4.79 Å². The third-order valence-corrected chi connectivity index (χ3v) is 3.35.